The highest BCUT2D eigenvalue weighted by Gasteiger charge is 2.15. The number of hydrogen-bond donors (Lipinski definition) is 2. The smallest absolute Gasteiger partial charge is 0.0446 e. The van der Waals surface area contributed by atoms with E-state index in [1.54, 1.807) is 0 Å². The summed E-state index contributed by atoms with van der Waals surface area (Å²) in [6.07, 6.45) is 6.65. The van der Waals surface area contributed by atoms with Gasteiger partial charge in [0.1, 0.15) is 0 Å². The van der Waals surface area contributed by atoms with Crippen LogP contribution in [0.25, 0.3) is 0 Å². The highest BCUT2D eigenvalue weighted by atomic mass is 15.0. The number of fused-ring (bicyclic) bond motifs is 1. The standard InChI is InChI=1S/C8H12N2/c1-2-7-3-5-9-6-8(7)10-4-1/h1-3,8-10H,4-6H2. The predicted octanol–water partition coefficient (Wildman–Crippen LogP) is 0.0440. The molecule has 0 fully saturated rings. The van der Waals surface area contributed by atoms with Gasteiger partial charge in [-0.05, 0) is 5.57 Å². The van der Waals surface area contributed by atoms with E-state index in [1.807, 2.05) is 0 Å². The van der Waals surface area contributed by atoms with Gasteiger partial charge in [0, 0.05) is 25.7 Å². The van der Waals surface area contributed by atoms with E-state index in [2.05, 4.69) is 28.9 Å². The molecule has 2 aliphatic rings. The molecule has 2 nitrogen and oxygen atoms in total. The summed E-state index contributed by atoms with van der Waals surface area (Å²) in [5, 5.41) is 6.71. The first kappa shape index (κ1) is 6.13. The van der Waals surface area contributed by atoms with Crippen molar-refractivity contribution in [1.29, 1.82) is 0 Å². The van der Waals surface area contributed by atoms with Gasteiger partial charge in [-0.3, -0.25) is 0 Å². The molecule has 0 spiro atoms. The summed E-state index contributed by atoms with van der Waals surface area (Å²) in [5.74, 6) is 0. The Labute approximate surface area is 61.0 Å². The van der Waals surface area contributed by atoms with Gasteiger partial charge in [0.15, 0.2) is 0 Å². The first-order valence-corrected chi connectivity index (χ1v) is 3.77. The third kappa shape index (κ3) is 1.00. The van der Waals surface area contributed by atoms with Crippen molar-refractivity contribution in [3.8, 4) is 0 Å². The molecule has 0 aromatic heterocycles. The van der Waals surface area contributed by atoms with Crippen LogP contribution in [0.15, 0.2) is 23.8 Å². The quantitative estimate of drug-likeness (QED) is 0.491. The van der Waals surface area contributed by atoms with Crippen LogP contribution in [0.5, 0.6) is 0 Å². The lowest BCUT2D eigenvalue weighted by molar-refractivity contribution is 0.535. The van der Waals surface area contributed by atoms with E-state index < -0.39 is 0 Å². The molecule has 0 amide bonds. The van der Waals surface area contributed by atoms with E-state index in [0.29, 0.717) is 6.04 Å². The lowest BCUT2D eigenvalue weighted by Crippen LogP contribution is -2.44. The van der Waals surface area contributed by atoms with Gasteiger partial charge >= 0.3 is 0 Å². The van der Waals surface area contributed by atoms with Gasteiger partial charge in [-0.2, -0.15) is 0 Å². The first-order chi connectivity index (χ1) is 4.97. The van der Waals surface area contributed by atoms with Gasteiger partial charge < -0.3 is 10.6 Å². The molecule has 0 bridgehead atoms. The monoisotopic (exact) mass is 136 g/mol. The van der Waals surface area contributed by atoms with Crippen molar-refractivity contribution in [3.63, 3.8) is 0 Å². The van der Waals surface area contributed by atoms with Gasteiger partial charge in [0.25, 0.3) is 0 Å². The van der Waals surface area contributed by atoms with Crippen LogP contribution in [0.2, 0.25) is 0 Å². The van der Waals surface area contributed by atoms with E-state index in [4.69, 9.17) is 0 Å². The van der Waals surface area contributed by atoms with Crippen LogP contribution in [0.1, 0.15) is 0 Å². The highest BCUT2D eigenvalue weighted by molar-refractivity contribution is 5.30. The second-order valence-corrected chi connectivity index (χ2v) is 2.73. The fourth-order valence-corrected chi connectivity index (χ4v) is 1.46. The molecule has 0 aliphatic carbocycles. The molecule has 10 heavy (non-hydrogen) atoms. The fraction of sp³-hybridized carbons (Fsp3) is 0.500. The maximum absolute atomic E-state index is 3.40. The fourth-order valence-electron chi connectivity index (χ4n) is 1.46. The summed E-state index contributed by atoms with van der Waals surface area (Å²) in [6.45, 7) is 3.12. The Morgan fingerprint density at radius 2 is 2.40 bits per heavy atom. The maximum atomic E-state index is 3.40. The van der Waals surface area contributed by atoms with Crippen molar-refractivity contribution in [2.24, 2.45) is 0 Å². The van der Waals surface area contributed by atoms with E-state index in [-0.39, 0.29) is 0 Å². The van der Waals surface area contributed by atoms with Crippen LogP contribution in [-0.4, -0.2) is 25.7 Å². The third-order valence-corrected chi connectivity index (χ3v) is 2.03. The zero-order valence-electron chi connectivity index (χ0n) is 5.93. The van der Waals surface area contributed by atoms with Crippen LogP contribution >= 0.6 is 0 Å². The Morgan fingerprint density at radius 1 is 1.40 bits per heavy atom. The molecular formula is C8H12N2. The number of rotatable bonds is 0. The minimum Gasteiger partial charge on any atom is -0.311 e. The van der Waals surface area contributed by atoms with Crippen molar-refractivity contribution >= 4 is 0 Å². The molecule has 2 N–H and O–H groups in total. The van der Waals surface area contributed by atoms with Crippen molar-refractivity contribution in [2.45, 2.75) is 6.04 Å². The molecular weight excluding hydrogens is 124 g/mol. The topological polar surface area (TPSA) is 24.1 Å². The summed E-state index contributed by atoms with van der Waals surface area (Å²) in [4.78, 5) is 0. The van der Waals surface area contributed by atoms with Gasteiger partial charge in [-0.15, -0.1) is 0 Å². The second-order valence-electron chi connectivity index (χ2n) is 2.73. The van der Waals surface area contributed by atoms with Crippen LogP contribution in [0.3, 0.4) is 0 Å². The normalized spacial score (nSPS) is 31.2. The third-order valence-electron chi connectivity index (χ3n) is 2.03. The average molecular weight is 136 g/mol. The lowest BCUT2D eigenvalue weighted by atomic mass is 10.0. The van der Waals surface area contributed by atoms with Crippen LogP contribution in [-0.2, 0) is 0 Å². The Bertz CT molecular complexity index is 182. The van der Waals surface area contributed by atoms with E-state index in [0.717, 1.165) is 19.6 Å². The van der Waals surface area contributed by atoms with Gasteiger partial charge in [0.2, 0.25) is 0 Å². The van der Waals surface area contributed by atoms with Crippen molar-refractivity contribution < 1.29 is 0 Å². The summed E-state index contributed by atoms with van der Waals surface area (Å²) in [7, 11) is 0. The summed E-state index contributed by atoms with van der Waals surface area (Å²) in [6, 6.07) is 0.568. The van der Waals surface area contributed by atoms with Gasteiger partial charge in [-0.25, -0.2) is 0 Å². The van der Waals surface area contributed by atoms with Gasteiger partial charge in [0.05, 0.1) is 0 Å². The highest BCUT2D eigenvalue weighted by Crippen LogP contribution is 2.09. The molecule has 2 rings (SSSR count). The second kappa shape index (κ2) is 2.56. The molecule has 1 unspecified atom stereocenters. The average Bonchev–Trinajstić information content (AvgIpc) is 2.05. The SMILES string of the molecule is C1=CC2=CCNCC2NC1. The molecule has 2 heterocycles. The summed E-state index contributed by atoms with van der Waals surface area (Å²) >= 11 is 0. The van der Waals surface area contributed by atoms with E-state index in [9.17, 15) is 0 Å². The lowest BCUT2D eigenvalue weighted by Gasteiger charge is -2.26. The van der Waals surface area contributed by atoms with Crippen molar-refractivity contribution in [1.82, 2.24) is 10.6 Å². The molecule has 0 saturated heterocycles. The van der Waals surface area contributed by atoms with Crippen LogP contribution < -0.4 is 10.6 Å². The largest absolute Gasteiger partial charge is 0.311 e. The minimum absolute atomic E-state index is 0.568. The predicted molar refractivity (Wildman–Crippen MR) is 41.9 cm³/mol. The van der Waals surface area contributed by atoms with Crippen LogP contribution in [0.4, 0.5) is 0 Å². The zero-order valence-corrected chi connectivity index (χ0v) is 5.93. The molecule has 2 aliphatic heterocycles. The Hall–Kier alpha value is -0.600. The van der Waals surface area contributed by atoms with E-state index >= 15 is 0 Å². The van der Waals surface area contributed by atoms with Crippen LogP contribution in [0, 0.1) is 0 Å². The summed E-state index contributed by atoms with van der Waals surface area (Å²) in [5.41, 5.74) is 1.45. The Morgan fingerprint density at radius 3 is 3.30 bits per heavy atom. The van der Waals surface area contributed by atoms with Crippen molar-refractivity contribution in [3.05, 3.63) is 23.8 Å². The molecule has 0 saturated carbocycles. The minimum atomic E-state index is 0.568. The van der Waals surface area contributed by atoms with Gasteiger partial charge in [-0.1, -0.05) is 18.2 Å². The molecule has 0 aromatic carbocycles. The molecule has 2 heteroatoms. The van der Waals surface area contributed by atoms with E-state index in [1.165, 1.54) is 5.57 Å². The molecule has 0 radical (unpaired) electrons. The van der Waals surface area contributed by atoms with Crippen molar-refractivity contribution in [2.75, 3.05) is 19.6 Å². The Balaban J connectivity index is 2.21. The molecule has 0 aromatic rings. The molecule has 1 atom stereocenters. The maximum Gasteiger partial charge on any atom is 0.0446 e. The first-order valence-electron chi connectivity index (χ1n) is 3.77. The zero-order chi connectivity index (χ0) is 6.81. The number of nitrogens with one attached hydrogen (secondary N) is 2. The Kier molecular flexibility index (Phi) is 1.57. The molecule has 54 valence electrons. The summed E-state index contributed by atoms with van der Waals surface area (Å²) < 4.78 is 0. The number of hydrogen-bond acceptors (Lipinski definition) is 2.